The van der Waals surface area contributed by atoms with Crippen molar-refractivity contribution in [1.82, 2.24) is 19.9 Å². The molecule has 2 aromatic heterocycles. The number of anilines is 3. The van der Waals surface area contributed by atoms with E-state index in [0.29, 0.717) is 5.69 Å². The van der Waals surface area contributed by atoms with Crippen molar-refractivity contribution in [2.24, 2.45) is 0 Å². The summed E-state index contributed by atoms with van der Waals surface area (Å²) >= 11 is 0. The van der Waals surface area contributed by atoms with Gasteiger partial charge in [-0.25, -0.2) is 28.1 Å². The first-order chi connectivity index (χ1) is 12.0. The molecule has 0 spiro atoms. The molecule has 5 N–H and O–H groups in total. The van der Waals surface area contributed by atoms with Crippen molar-refractivity contribution in [1.29, 1.82) is 0 Å². The third-order valence-corrected chi connectivity index (χ3v) is 4.45. The molecule has 0 fully saturated rings. The molecule has 0 aliphatic heterocycles. The number of nitrogens with two attached hydrogens (primary N) is 1. The molecule has 1 aromatic carbocycles. The summed E-state index contributed by atoms with van der Waals surface area (Å²) in [6.07, 6.45) is 4.15. The fraction of sp³-hybridized carbons (Fsp3) is 0. The maximum Gasteiger partial charge on any atom is 0.275 e. The quantitative estimate of drug-likeness (QED) is 0.526. The third-order valence-electron chi connectivity index (χ3n) is 3.11. The minimum atomic E-state index is -3.83. The monoisotopic (exact) mass is 359 g/mol. The molecule has 0 aliphatic carbocycles. The molecule has 0 bridgehead atoms. The van der Waals surface area contributed by atoms with Gasteiger partial charge in [0.2, 0.25) is 5.95 Å². The first-order valence-corrected chi connectivity index (χ1v) is 8.44. The number of nitrogen functional groups attached to an aromatic ring is 1. The number of carbonyl (C=O) groups is 1. The van der Waals surface area contributed by atoms with Gasteiger partial charge in [0.25, 0.3) is 15.9 Å². The van der Waals surface area contributed by atoms with Crippen LogP contribution in [0.25, 0.3) is 0 Å². The fourth-order valence-electron chi connectivity index (χ4n) is 1.93. The van der Waals surface area contributed by atoms with Gasteiger partial charge in [-0.05, 0) is 30.3 Å². The highest BCUT2D eigenvalue weighted by Crippen LogP contribution is 2.17. The lowest BCUT2D eigenvalue weighted by molar-refractivity contribution is 0.102. The number of H-pyrrole nitrogens is 1. The van der Waals surface area contributed by atoms with E-state index >= 15 is 0 Å². The summed E-state index contributed by atoms with van der Waals surface area (Å²) in [5, 5.41) is 2.58. The number of imidazole rings is 1. The fourth-order valence-corrected chi connectivity index (χ4v) is 2.89. The Hall–Kier alpha value is -3.47. The molecule has 0 saturated carbocycles. The molecule has 10 nitrogen and oxygen atoms in total. The minimum absolute atomic E-state index is 0.000920. The van der Waals surface area contributed by atoms with Crippen LogP contribution in [0.15, 0.2) is 53.9 Å². The maximum absolute atomic E-state index is 12.3. The van der Waals surface area contributed by atoms with Gasteiger partial charge in [0.05, 0.1) is 11.2 Å². The summed E-state index contributed by atoms with van der Waals surface area (Å²) in [6, 6.07) is 7.16. The van der Waals surface area contributed by atoms with Crippen molar-refractivity contribution >= 4 is 33.4 Å². The second kappa shape index (κ2) is 6.57. The van der Waals surface area contributed by atoms with Crippen molar-refractivity contribution in [2.75, 3.05) is 15.8 Å². The zero-order valence-electron chi connectivity index (χ0n) is 12.7. The summed E-state index contributed by atoms with van der Waals surface area (Å²) < 4.78 is 26.8. The molecule has 1 amide bonds. The minimum Gasteiger partial charge on any atom is -0.382 e. The van der Waals surface area contributed by atoms with Crippen molar-refractivity contribution in [3.05, 3.63) is 54.7 Å². The third kappa shape index (κ3) is 3.72. The molecule has 0 radical (unpaired) electrons. The summed E-state index contributed by atoms with van der Waals surface area (Å²) in [5.41, 5.74) is 6.07. The van der Waals surface area contributed by atoms with Crippen LogP contribution in [0.2, 0.25) is 0 Å². The predicted molar refractivity (Wildman–Crippen MR) is 90.2 cm³/mol. The molecule has 11 heteroatoms. The number of aromatic nitrogens is 4. The highest BCUT2D eigenvalue weighted by Gasteiger charge is 2.16. The summed E-state index contributed by atoms with van der Waals surface area (Å²) in [7, 11) is -3.83. The zero-order chi connectivity index (χ0) is 17.9. The van der Waals surface area contributed by atoms with Crippen LogP contribution in [0, 0.1) is 0 Å². The van der Waals surface area contributed by atoms with Crippen molar-refractivity contribution in [2.45, 2.75) is 4.90 Å². The molecule has 0 saturated heterocycles. The summed E-state index contributed by atoms with van der Waals surface area (Å²) in [4.78, 5) is 26.0. The highest BCUT2D eigenvalue weighted by atomic mass is 32.2. The molecular formula is C14H13N7O3S. The first-order valence-electron chi connectivity index (χ1n) is 6.96. The van der Waals surface area contributed by atoms with Crippen LogP contribution in [-0.4, -0.2) is 34.3 Å². The van der Waals surface area contributed by atoms with E-state index in [1.165, 1.54) is 43.0 Å². The van der Waals surface area contributed by atoms with Crippen LogP contribution < -0.4 is 15.8 Å². The second-order valence-electron chi connectivity index (χ2n) is 4.82. The van der Waals surface area contributed by atoms with E-state index in [9.17, 15) is 13.2 Å². The topological polar surface area (TPSA) is 156 Å². The van der Waals surface area contributed by atoms with Crippen LogP contribution in [-0.2, 0) is 10.0 Å². The second-order valence-corrected chi connectivity index (χ2v) is 6.50. The van der Waals surface area contributed by atoms with E-state index in [2.05, 4.69) is 30.0 Å². The number of nitrogens with one attached hydrogen (secondary N) is 3. The number of sulfonamides is 1. The molecule has 3 aromatic rings. The van der Waals surface area contributed by atoms with E-state index in [-0.39, 0.29) is 22.4 Å². The Morgan fingerprint density at radius 2 is 1.76 bits per heavy atom. The molecule has 2 heterocycles. The maximum atomic E-state index is 12.3. The molecule has 0 unspecified atom stereocenters. The van der Waals surface area contributed by atoms with E-state index in [1.54, 1.807) is 6.07 Å². The zero-order valence-corrected chi connectivity index (χ0v) is 13.5. The lowest BCUT2D eigenvalue weighted by Crippen LogP contribution is -2.16. The normalized spacial score (nSPS) is 11.0. The number of rotatable bonds is 5. The Bertz CT molecular complexity index is 985. The smallest absolute Gasteiger partial charge is 0.275 e. The number of nitrogens with zero attached hydrogens (tertiary/aromatic N) is 3. The van der Waals surface area contributed by atoms with Crippen LogP contribution in [0.5, 0.6) is 0 Å². The number of hydrogen-bond acceptors (Lipinski definition) is 7. The first kappa shape index (κ1) is 16.4. The van der Waals surface area contributed by atoms with Gasteiger partial charge >= 0.3 is 0 Å². The Morgan fingerprint density at radius 3 is 2.36 bits per heavy atom. The van der Waals surface area contributed by atoms with Gasteiger partial charge in [-0.15, -0.1) is 0 Å². The average molecular weight is 359 g/mol. The van der Waals surface area contributed by atoms with Gasteiger partial charge in [-0.2, -0.15) is 0 Å². The van der Waals surface area contributed by atoms with Crippen LogP contribution in [0.4, 0.5) is 17.5 Å². The molecule has 0 atom stereocenters. The SMILES string of the molecule is Nc1nc[nH]c1C(=O)Nc1ccc(S(=O)(=O)Nc2ncccn2)cc1. The van der Waals surface area contributed by atoms with Crippen LogP contribution in [0.3, 0.4) is 0 Å². The van der Waals surface area contributed by atoms with Crippen molar-refractivity contribution < 1.29 is 13.2 Å². The van der Waals surface area contributed by atoms with Gasteiger partial charge in [0.15, 0.2) is 5.82 Å². The van der Waals surface area contributed by atoms with Gasteiger partial charge in [0, 0.05) is 18.1 Å². The van der Waals surface area contributed by atoms with E-state index in [1.807, 2.05) is 0 Å². The molecular weight excluding hydrogens is 346 g/mol. The lowest BCUT2D eigenvalue weighted by atomic mass is 10.3. The number of aromatic amines is 1. The van der Waals surface area contributed by atoms with Gasteiger partial charge < -0.3 is 16.0 Å². The number of benzene rings is 1. The largest absolute Gasteiger partial charge is 0.382 e. The van der Waals surface area contributed by atoms with Gasteiger partial charge in [0.1, 0.15) is 5.69 Å². The summed E-state index contributed by atoms with van der Waals surface area (Å²) in [6.45, 7) is 0. The predicted octanol–water partition coefficient (Wildman–Crippen LogP) is 0.835. The van der Waals surface area contributed by atoms with E-state index in [4.69, 9.17) is 5.73 Å². The van der Waals surface area contributed by atoms with Crippen LogP contribution >= 0.6 is 0 Å². The molecule has 128 valence electrons. The van der Waals surface area contributed by atoms with Crippen LogP contribution in [0.1, 0.15) is 10.5 Å². The molecule has 0 aliphatic rings. The Morgan fingerprint density at radius 1 is 1.08 bits per heavy atom. The van der Waals surface area contributed by atoms with Gasteiger partial charge in [-0.1, -0.05) is 0 Å². The average Bonchev–Trinajstić information content (AvgIpc) is 3.02. The van der Waals surface area contributed by atoms with Crippen molar-refractivity contribution in [3.63, 3.8) is 0 Å². The number of carbonyl (C=O) groups excluding carboxylic acids is 1. The Labute approximate surface area is 142 Å². The standard InChI is InChI=1S/C14H13N7O3S/c15-12-11(18-8-19-12)13(22)20-9-2-4-10(5-3-9)25(23,24)21-14-16-6-1-7-17-14/h1-8H,15H2,(H,18,19)(H,20,22)(H,16,17,21). The summed E-state index contributed by atoms with van der Waals surface area (Å²) in [5.74, 6) is -0.445. The molecule has 3 rings (SSSR count). The Kier molecular flexibility index (Phi) is 4.31. The molecule has 25 heavy (non-hydrogen) atoms. The number of hydrogen-bond donors (Lipinski definition) is 4. The van der Waals surface area contributed by atoms with E-state index < -0.39 is 15.9 Å². The number of amides is 1. The highest BCUT2D eigenvalue weighted by molar-refractivity contribution is 7.92. The Balaban J connectivity index is 1.73. The van der Waals surface area contributed by atoms with Gasteiger partial charge in [-0.3, -0.25) is 4.79 Å². The van der Waals surface area contributed by atoms with Crippen molar-refractivity contribution in [3.8, 4) is 0 Å². The van der Waals surface area contributed by atoms with E-state index in [0.717, 1.165) is 0 Å². The lowest BCUT2D eigenvalue weighted by Gasteiger charge is -2.08.